The van der Waals surface area contributed by atoms with Gasteiger partial charge in [0.2, 0.25) is 15.9 Å². The van der Waals surface area contributed by atoms with Crippen LogP contribution in [0.4, 0.5) is 5.69 Å². The number of nitrogens with zero attached hydrogens (tertiary/aromatic N) is 6. The normalized spacial score (nSPS) is 15.8. The number of benzene rings is 1. The van der Waals surface area contributed by atoms with E-state index >= 15 is 0 Å². The summed E-state index contributed by atoms with van der Waals surface area (Å²) in [7, 11) is -3.70. The Labute approximate surface area is 179 Å². The molecule has 164 valence electrons. The van der Waals surface area contributed by atoms with Gasteiger partial charge in [-0.05, 0) is 61.7 Å². The van der Waals surface area contributed by atoms with E-state index in [9.17, 15) is 13.2 Å². The summed E-state index contributed by atoms with van der Waals surface area (Å²) in [4.78, 5) is 13.0. The highest BCUT2D eigenvalue weighted by molar-refractivity contribution is 7.89. The van der Waals surface area contributed by atoms with E-state index < -0.39 is 10.0 Å². The number of sulfonamides is 1. The SMILES string of the molecule is Cc1ccc(-n2cnnn2)cc1NC(=O)C1CCN(S(=O)(=O)c2c(C)noc2C)CC1. The molecule has 1 aliphatic rings. The quantitative estimate of drug-likeness (QED) is 0.626. The summed E-state index contributed by atoms with van der Waals surface area (Å²) in [5.74, 6) is -0.145. The van der Waals surface area contributed by atoms with E-state index in [1.807, 2.05) is 19.1 Å². The van der Waals surface area contributed by atoms with Crippen molar-refractivity contribution >= 4 is 21.6 Å². The van der Waals surface area contributed by atoms with E-state index in [1.165, 1.54) is 15.3 Å². The predicted octanol–water partition coefficient (Wildman–Crippen LogP) is 1.61. The highest BCUT2D eigenvalue weighted by atomic mass is 32.2. The van der Waals surface area contributed by atoms with E-state index in [2.05, 4.69) is 26.0 Å². The number of carbonyl (C=O) groups is 1. The van der Waals surface area contributed by atoms with E-state index in [0.29, 0.717) is 24.2 Å². The number of nitrogens with one attached hydrogen (secondary N) is 1. The molecule has 3 heterocycles. The Hall–Kier alpha value is -3.12. The van der Waals surface area contributed by atoms with Crippen LogP contribution in [-0.4, -0.2) is 57.1 Å². The van der Waals surface area contributed by atoms with Crippen molar-refractivity contribution in [2.45, 2.75) is 38.5 Å². The summed E-state index contributed by atoms with van der Waals surface area (Å²) in [5.41, 5.74) is 2.65. The Morgan fingerprint density at radius 2 is 1.94 bits per heavy atom. The van der Waals surface area contributed by atoms with Gasteiger partial charge in [0, 0.05) is 24.7 Å². The number of anilines is 1. The summed E-state index contributed by atoms with van der Waals surface area (Å²) >= 11 is 0. The minimum atomic E-state index is -3.70. The smallest absolute Gasteiger partial charge is 0.248 e. The molecule has 0 radical (unpaired) electrons. The number of hydrogen-bond acceptors (Lipinski definition) is 8. The van der Waals surface area contributed by atoms with Crippen LogP contribution in [0.1, 0.15) is 29.9 Å². The third kappa shape index (κ3) is 4.08. The van der Waals surface area contributed by atoms with Crippen LogP contribution in [0.15, 0.2) is 33.9 Å². The van der Waals surface area contributed by atoms with E-state index in [-0.39, 0.29) is 35.6 Å². The molecule has 1 aliphatic heterocycles. The second-order valence-electron chi connectivity index (χ2n) is 7.57. The van der Waals surface area contributed by atoms with Gasteiger partial charge in [-0.1, -0.05) is 11.2 Å². The van der Waals surface area contributed by atoms with Crippen LogP contribution in [0.2, 0.25) is 0 Å². The zero-order valence-corrected chi connectivity index (χ0v) is 18.3. The van der Waals surface area contributed by atoms with Crippen LogP contribution in [0.25, 0.3) is 5.69 Å². The van der Waals surface area contributed by atoms with Gasteiger partial charge in [-0.15, -0.1) is 5.10 Å². The maximum absolute atomic E-state index is 13.0. The lowest BCUT2D eigenvalue weighted by atomic mass is 9.97. The van der Waals surface area contributed by atoms with Crippen molar-refractivity contribution in [1.29, 1.82) is 0 Å². The number of rotatable bonds is 5. The second-order valence-corrected chi connectivity index (χ2v) is 9.45. The van der Waals surface area contributed by atoms with Gasteiger partial charge in [-0.25, -0.2) is 13.1 Å². The van der Waals surface area contributed by atoms with Gasteiger partial charge in [-0.2, -0.15) is 4.31 Å². The minimum Gasteiger partial charge on any atom is -0.360 e. The molecule has 31 heavy (non-hydrogen) atoms. The van der Waals surface area contributed by atoms with Crippen molar-refractivity contribution in [2.24, 2.45) is 5.92 Å². The molecule has 1 fully saturated rings. The van der Waals surface area contributed by atoms with Crippen molar-refractivity contribution in [3.8, 4) is 5.69 Å². The predicted molar refractivity (Wildman–Crippen MR) is 110 cm³/mol. The molecule has 0 spiro atoms. The third-order valence-corrected chi connectivity index (χ3v) is 7.63. The number of carbonyl (C=O) groups excluding carboxylic acids is 1. The first-order chi connectivity index (χ1) is 14.8. The molecular formula is C19H23N7O4S. The number of aromatic nitrogens is 5. The topological polar surface area (TPSA) is 136 Å². The first-order valence-electron chi connectivity index (χ1n) is 9.85. The molecular weight excluding hydrogens is 422 g/mol. The van der Waals surface area contributed by atoms with Gasteiger partial charge in [0.15, 0.2) is 5.76 Å². The number of aryl methyl sites for hydroxylation is 3. The van der Waals surface area contributed by atoms with Gasteiger partial charge >= 0.3 is 0 Å². The highest BCUT2D eigenvalue weighted by Gasteiger charge is 2.35. The first kappa shape index (κ1) is 21.1. The average molecular weight is 446 g/mol. The monoisotopic (exact) mass is 445 g/mol. The van der Waals surface area contributed by atoms with Gasteiger partial charge in [-0.3, -0.25) is 4.79 Å². The van der Waals surface area contributed by atoms with Crippen molar-refractivity contribution in [1.82, 2.24) is 29.7 Å². The lowest BCUT2D eigenvalue weighted by molar-refractivity contribution is -0.120. The van der Waals surface area contributed by atoms with Crippen LogP contribution in [0.3, 0.4) is 0 Å². The lowest BCUT2D eigenvalue weighted by Gasteiger charge is -2.30. The van der Waals surface area contributed by atoms with E-state index in [1.54, 1.807) is 19.9 Å². The minimum absolute atomic E-state index is 0.116. The van der Waals surface area contributed by atoms with Crippen LogP contribution in [0, 0.1) is 26.7 Å². The lowest BCUT2D eigenvalue weighted by Crippen LogP contribution is -2.41. The molecule has 0 aliphatic carbocycles. The molecule has 4 rings (SSSR count). The second kappa shape index (κ2) is 8.19. The average Bonchev–Trinajstić information content (AvgIpc) is 3.40. The molecule has 3 aromatic rings. The Bertz CT molecular complexity index is 1180. The van der Waals surface area contributed by atoms with E-state index in [4.69, 9.17) is 4.52 Å². The molecule has 0 atom stereocenters. The first-order valence-corrected chi connectivity index (χ1v) is 11.3. The van der Waals surface area contributed by atoms with E-state index in [0.717, 1.165) is 11.3 Å². The maximum atomic E-state index is 13.0. The van der Waals surface area contributed by atoms with Crippen LogP contribution >= 0.6 is 0 Å². The molecule has 2 aromatic heterocycles. The van der Waals surface area contributed by atoms with Crippen molar-refractivity contribution in [2.75, 3.05) is 18.4 Å². The van der Waals surface area contributed by atoms with Crippen molar-refractivity contribution in [3.63, 3.8) is 0 Å². The highest BCUT2D eigenvalue weighted by Crippen LogP contribution is 2.28. The Morgan fingerprint density at radius 1 is 1.19 bits per heavy atom. The molecule has 1 amide bonds. The standard InChI is InChI=1S/C19H23N7O4S/c1-12-4-5-16(26-11-20-23-24-26)10-17(12)21-19(27)15-6-8-25(9-7-15)31(28,29)18-13(2)22-30-14(18)3/h4-5,10-11,15H,6-9H2,1-3H3,(H,21,27). The molecule has 12 heteroatoms. The Morgan fingerprint density at radius 3 is 2.55 bits per heavy atom. The Balaban J connectivity index is 1.43. The molecule has 1 saturated heterocycles. The number of piperidine rings is 1. The summed E-state index contributed by atoms with van der Waals surface area (Å²) < 4.78 is 33.8. The van der Waals surface area contributed by atoms with Crippen LogP contribution in [-0.2, 0) is 14.8 Å². The summed E-state index contributed by atoms with van der Waals surface area (Å²) in [5, 5.41) is 17.8. The van der Waals surface area contributed by atoms with Gasteiger partial charge in [0.05, 0.1) is 5.69 Å². The fourth-order valence-electron chi connectivity index (χ4n) is 3.73. The van der Waals surface area contributed by atoms with Gasteiger partial charge in [0.1, 0.15) is 16.9 Å². The molecule has 1 aromatic carbocycles. The number of amides is 1. The zero-order valence-electron chi connectivity index (χ0n) is 17.4. The van der Waals surface area contributed by atoms with Gasteiger partial charge in [0.25, 0.3) is 0 Å². The molecule has 0 saturated carbocycles. The number of tetrazole rings is 1. The van der Waals surface area contributed by atoms with Crippen LogP contribution < -0.4 is 5.32 Å². The number of hydrogen-bond donors (Lipinski definition) is 1. The van der Waals surface area contributed by atoms with Crippen molar-refractivity contribution < 1.29 is 17.7 Å². The van der Waals surface area contributed by atoms with Gasteiger partial charge < -0.3 is 9.84 Å². The summed E-state index contributed by atoms with van der Waals surface area (Å²) in [6, 6.07) is 5.55. The fourth-order valence-corrected chi connectivity index (χ4v) is 5.49. The fraction of sp³-hybridized carbons (Fsp3) is 0.421. The maximum Gasteiger partial charge on any atom is 0.248 e. The molecule has 0 unspecified atom stereocenters. The zero-order chi connectivity index (χ0) is 22.2. The van der Waals surface area contributed by atoms with Crippen molar-refractivity contribution in [3.05, 3.63) is 41.5 Å². The summed E-state index contributed by atoms with van der Waals surface area (Å²) in [6.07, 6.45) is 2.34. The molecule has 11 nitrogen and oxygen atoms in total. The third-order valence-electron chi connectivity index (χ3n) is 5.48. The molecule has 0 bridgehead atoms. The van der Waals surface area contributed by atoms with Crippen LogP contribution in [0.5, 0.6) is 0 Å². The largest absolute Gasteiger partial charge is 0.360 e. The Kier molecular flexibility index (Phi) is 5.58. The molecule has 1 N–H and O–H groups in total. The summed E-state index contributed by atoms with van der Waals surface area (Å²) in [6.45, 7) is 5.61.